The minimum atomic E-state index is -0.630. The average Bonchev–Trinajstić information content (AvgIpc) is 3.30. The standard InChI is InChI=1S/C23H22N4O6S/c1-13(2)21(28)25-16-9-8-14(12-20(16)32-3)24-23(34)26-22(29)19-11-10-18(33-19)15-6-4-5-7-17(15)27(30)31/h4-13H,1-3H3,(H,25,28)(H2,24,26,29,34). The number of furan rings is 1. The van der Waals surface area contributed by atoms with E-state index in [0.717, 1.165) is 0 Å². The number of carbonyl (C=O) groups excluding carboxylic acids is 2. The quantitative estimate of drug-likeness (QED) is 0.253. The van der Waals surface area contributed by atoms with E-state index in [-0.39, 0.29) is 39.7 Å². The van der Waals surface area contributed by atoms with Crippen molar-refractivity contribution in [2.24, 2.45) is 5.92 Å². The van der Waals surface area contributed by atoms with Crippen LogP contribution in [0.4, 0.5) is 17.1 Å². The number of thiocarbonyl (C=S) groups is 1. The van der Waals surface area contributed by atoms with E-state index in [0.29, 0.717) is 17.1 Å². The van der Waals surface area contributed by atoms with E-state index in [4.69, 9.17) is 21.4 Å². The molecule has 3 aromatic rings. The monoisotopic (exact) mass is 482 g/mol. The van der Waals surface area contributed by atoms with Crippen LogP contribution >= 0.6 is 12.2 Å². The molecule has 0 aliphatic carbocycles. The van der Waals surface area contributed by atoms with E-state index in [2.05, 4.69) is 16.0 Å². The Morgan fingerprint density at radius 2 is 1.82 bits per heavy atom. The van der Waals surface area contributed by atoms with Crippen molar-refractivity contribution in [2.45, 2.75) is 13.8 Å². The maximum Gasteiger partial charge on any atom is 0.293 e. The minimum Gasteiger partial charge on any atom is -0.494 e. The Morgan fingerprint density at radius 3 is 2.50 bits per heavy atom. The highest BCUT2D eigenvalue weighted by Crippen LogP contribution is 2.31. The van der Waals surface area contributed by atoms with Gasteiger partial charge in [0.2, 0.25) is 5.91 Å². The summed E-state index contributed by atoms with van der Waals surface area (Å²) >= 11 is 5.20. The van der Waals surface area contributed by atoms with E-state index < -0.39 is 10.8 Å². The number of nitro groups is 1. The highest BCUT2D eigenvalue weighted by Gasteiger charge is 2.20. The van der Waals surface area contributed by atoms with Gasteiger partial charge in [-0.1, -0.05) is 26.0 Å². The molecule has 1 aromatic heterocycles. The zero-order chi connectivity index (χ0) is 24.8. The van der Waals surface area contributed by atoms with Crippen molar-refractivity contribution >= 4 is 46.2 Å². The van der Waals surface area contributed by atoms with Crippen LogP contribution in [0.5, 0.6) is 5.75 Å². The molecule has 0 radical (unpaired) electrons. The maximum absolute atomic E-state index is 12.5. The molecule has 0 spiro atoms. The number of para-hydroxylation sites is 1. The number of ether oxygens (including phenoxy) is 1. The van der Waals surface area contributed by atoms with Crippen LogP contribution in [-0.4, -0.2) is 29.0 Å². The largest absolute Gasteiger partial charge is 0.494 e. The van der Waals surface area contributed by atoms with E-state index >= 15 is 0 Å². The lowest BCUT2D eigenvalue weighted by Crippen LogP contribution is -2.33. The fourth-order valence-corrected chi connectivity index (χ4v) is 3.13. The molecule has 3 N–H and O–H groups in total. The molecule has 0 fully saturated rings. The Kier molecular flexibility index (Phi) is 7.59. The third-order valence-corrected chi connectivity index (χ3v) is 4.87. The van der Waals surface area contributed by atoms with E-state index in [1.165, 1.54) is 31.4 Å². The summed E-state index contributed by atoms with van der Waals surface area (Å²) < 4.78 is 10.8. The number of anilines is 2. The number of rotatable bonds is 7. The fraction of sp³-hybridized carbons (Fsp3) is 0.174. The van der Waals surface area contributed by atoms with Crippen molar-refractivity contribution in [3.63, 3.8) is 0 Å². The summed E-state index contributed by atoms with van der Waals surface area (Å²) in [7, 11) is 1.47. The molecule has 34 heavy (non-hydrogen) atoms. The zero-order valence-corrected chi connectivity index (χ0v) is 19.4. The molecule has 0 bridgehead atoms. The molecule has 0 aliphatic rings. The van der Waals surface area contributed by atoms with Gasteiger partial charge in [0.1, 0.15) is 11.5 Å². The maximum atomic E-state index is 12.5. The van der Waals surface area contributed by atoms with Crippen molar-refractivity contribution in [2.75, 3.05) is 17.7 Å². The van der Waals surface area contributed by atoms with Crippen LogP contribution < -0.4 is 20.7 Å². The van der Waals surface area contributed by atoms with Crippen LogP contribution in [-0.2, 0) is 4.79 Å². The number of nitrogens with one attached hydrogen (secondary N) is 3. The highest BCUT2D eigenvalue weighted by atomic mass is 32.1. The fourth-order valence-electron chi connectivity index (χ4n) is 2.92. The SMILES string of the molecule is COc1cc(NC(=S)NC(=O)c2ccc(-c3ccccc3[N+](=O)[O-])o2)ccc1NC(=O)C(C)C. The van der Waals surface area contributed by atoms with Crippen LogP contribution in [0.2, 0.25) is 0 Å². The first-order valence-corrected chi connectivity index (χ1v) is 10.5. The minimum absolute atomic E-state index is 0.00494. The van der Waals surface area contributed by atoms with E-state index in [1.54, 1.807) is 44.2 Å². The van der Waals surface area contributed by atoms with Crippen LogP contribution in [0.25, 0.3) is 11.3 Å². The Labute approximate surface area is 200 Å². The van der Waals surface area contributed by atoms with Crippen LogP contribution in [0.1, 0.15) is 24.4 Å². The van der Waals surface area contributed by atoms with Gasteiger partial charge in [0.05, 0.1) is 23.3 Å². The number of nitrogens with zero attached hydrogens (tertiary/aromatic N) is 1. The number of nitro benzene ring substituents is 1. The number of amides is 2. The van der Waals surface area contributed by atoms with Gasteiger partial charge in [0.25, 0.3) is 11.6 Å². The van der Waals surface area contributed by atoms with Gasteiger partial charge in [-0.25, -0.2) is 0 Å². The summed E-state index contributed by atoms with van der Waals surface area (Å²) in [6.07, 6.45) is 0. The van der Waals surface area contributed by atoms with Crippen molar-refractivity contribution < 1.29 is 23.7 Å². The number of methoxy groups -OCH3 is 1. The molecule has 3 rings (SSSR count). The first-order valence-electron chi connectivity index (χ1n) is 10.1. The van der Waals surface area contributed by atoms with Gasteiger partial charge in [-0.05, 0) is 42.5 Å². The molecule has 0 unspecified atom stereocenters. The molecular weight excluding hydrogens is 460 g/mol. The third kappa shape index (κ3) is 5.75. The van der Waals surface area contributed by atoms with Gasteiger partial charge < -0.3 is 19.8 Å². The molecule has 2 amide bonds. The second-order valence-corrected chi connectivity index (χ2v) is 7.81. The van der Waals surface area contributed by atoms with Gasteiger partial charge in [-0.2, -0.15) is 0 Å². The molecule has 2 aromatic carbocycles. The van der Waals surface area contributed by atoms with Gasteiger partial charge in [-0.15, -0.1) is 0 Å². The lowest BCUT2D eigenvalue weighted by molar-refractivity contribution is -0.384. The van der Waals surface area contributed by atoms with Gasteiger partial charge in [0.15, 0.2) is 10.9 Å². The Morgan fingerprint density at radius 1 is 1.09 bits per heavy atom. The summed E-state index contributed by atoms with van der Waals surface area (Å²) in [5.74, 6) is -0.453. The Bertz CT molecular complexity index is 1250. The lowest BCUT2D eigenvalue weighted by Gasteiger charge is -2.14. The Hall–Kier alpha value is -4.25. The van der Waals surface area contributed by atoms with Gasteiger partial charge in [-0.3, -0.25) is 25.0 Å². The normalized spacial score (nSPS) is 10.5. The van der Waals surface area contributed by atoms with Gasteiger partial charge in [0, 0.05) is 23.7 Å². The second-order valence-electron chi connectivity index (χ2n) is 7.41. The predicted molar refractivity (Wildman–Crippen MR) is 131 cm³/mol. The molecule has 10 nitrogen and oxygen atoms in total. The molecule has 0 aliphatic heterocycles. The van der Waals surface area contributed by atoms with Crippen molar-refractivity contribution in [1.29, 1.82) is 0 Å². The number of hydrogen-bond donors (Lipinski definition) is 3. The van der Waals surface area contributed by atoms with Crippen LogP contribution in [0.15, 0.2) is 59.0 Å². The second kappa shape index (κ2) is 10.6. The van der Waals surface area contributed by atoms with Crippen molar-refractivity contribution in [1.82, 2.24) is 5.32 Å². The summed E-state index contributed by atoms with van der Waals surface area (Å²) in [5.41, 5.74) is 1.14. The highest BCUT2D eigenvalue weighted by molar-refractivity contribution is 7.80. The molecule has 0 saturated carbocycles. The van der Waals surface area contributed by atoms with Crippen LogP contribution in [0.3, 0.4) is 0 Å². The van der Waals surface area contributed by atoms with E-state index in [1.807, 2.05) is 0 Å². The third-order valence-electron chi connectivity index (χ3n) is 4.66. The summed E-state index contributed by atoms with van der Waals surface area (Å²) in [6, 6.07) is 13.9. The lowest BCUT2D eigenvalue weighted by atomic mass is 10.1. The van der Waals surface area contributed by atoms with Gasteiger partial charge >= 0.3 is 0 Å². The van der Waals surface area contributed by atoms with Crippen LogP contribution in [0, 0.1) is 16.0 Å². The van der Waals surface area contributed by atoms with Crippen molar-refractivity contribution in [3.05, 3.63) is 70.5 Å². The zero-order valence-electron chi connectivity index (χ0n) is 18.6. The summed E-state index contributed by atoms with van der Waals surface area (Å²) in [5, 5.41) is 19.3. The average molecular weight is 483 g/mol. The number of carbonyl (C=O) groups is 2. The first-order chi connectivity index (χ1) is 16.2. The molecule has 0 atom stereocenters. The molecule has 176 valence electrons. The molecule has 0 saturated heterocycles. The van der Waals surface area contributed by atoms with Crippen molar-refractivity contribution in [3.8, 4) is 17.1 Å². The van der Waals surface area contributed by atoms with E-state index in [9.17, 15) is 19.7 Å². The molecular formula is C23H22N4O6S. The first kappa shape index (κ1) is 24.4. The molecule has 1 heterocycles. The summed E-state index contributed by atoms with van der Waals surface area (Å²) in [6.45, 7) is 3.56. The Balaban J connectivity index is 1.68. The summed E-state index contributed by atoms with van der Waals surface area (Å²) in [4.78, 5) is 35.2. The number of benzene rings is 2. The topological polar surface area (TPSA) is 136 Å². The smallest absolute Gasteiger partial charge is 0.293 e. The predicted octanol–water partition coefficient (Wildman–Crippen LogP) is 4.58. The molecule has 11 heteroatoms. The number of hydrogen-bond acceptors (Lipinski definition) is 7.